The number of carbonyl (C=O) groups excluding carboxylic acids is 2. The first-order chi connectivity index (χ1) is 11.7. The fourth-order valence-electron chi connectivity index (χ4n) is 3.01. The molecule has 0 aromatic heterocycles. The molecule has 25 heavy (non-hydrogen) atoms. The molecule has 1 aliphatic rings. The molecule has 1 saturated carbocycles. The topological polar surface area (TPSA) is 79.5 Å². The SMILES string of the molecule is CC(=O)Nc1ccc(NC2CCCC(NC(=O)OC(C)(C)C)C2)cc1. The minimum atomic E-state index is -0.480. The number of hydrogen-bond donors (Lipinski definition) is 3. The number of anilines is 2. The van der Waals surface area contributed by atoms with Gasteiger partial charge in [-0.25, -0.2) is 4.79 Å². The second-order valence-corrected chi connectivity index (χ2v) is 7.61. The predicted octanol–water partition coefficient (Wildman–Crippen LogP) is 3.89. The lowest BCUT2D eigenvalue weighted by molar-refractivity contribution is -0.114. The van der Waals surface area contributed by atoms with Crippen molar-refractivity contribution in [2.45, 2.75) is 71.1 Å². The summed E-state index contributed by atoms with van der Waals surface area (Å²) in [5.41, 5.74) is 1.31. The van der Waals surface area contributed by atoms with Crippen LogP contribution in [0.25, 0.3) is 0 Å². The van der Waals surface area contributed by atoms with Gasteiger partial charge in [0.05, 0.1) is 0 Å². The quantitative estimate of drug-likeness (QED) is 0.772. The van der Waals surface area contributed by atoms with Crippen LogP contribution in [0, 0.1) is 0 Å². The maximum atomic E-state index is 11.9. The summed E-state index contributed by atoms with van der Waals surface area (Å²) in [6, 6.07) is 8.10. The van der Waals surface area contributed by atoms with E-state index in [0.717, 1.165) is 37.1 Å². The molecule has 1 fully saturated rings. The van der Waals surface area contributed by atoms with E-state index in [1.165, 1.54) is 6.92 Å². The van der Waals surface area contributed by atoms with Gasteiger partial charge in [0.15, 0.2) is 0 Å². The Labute approximate surface area is 149 Å². The molecule has 0 radical (unpaired) electrons. The van der Waals surface area contributed by atoms with Gasteiger partial charge >= 0.3 is 6.09 Å². The molecular formula is C19H29N3O3. The van der Waals surface area contributed by atoms with E-state index < -0.39 is 5.60 Å². The number of ether oxygens (including phenoxy) is 1. The first-order valence-corrected chi connectivity index (χ1v) is 8.85. The highest BCUT2D eigenvalue weighted by atomic mass is 16.6. The number of nitrogens with one attached hydrogen (secondary N) is 3. The lowest BCUT2D eigenvalue weighted by atomic mass is 9.91. The van der Waals surface area contributed by atoms with E-state index in [1.807, 2.05) is 45.0 Å². The van der Waals surface area contributed by atoms with Gasteiger partial charge in [-0.05, 0) is 70.7 Å². The normalized spacial score (nSPS) is 20.5. The standard InChI is InChI=1S/C19H29N3O3/c1-13(23)20-14-8-10-15(11-9-14)21-16-6-5-7-17(12-16)22-18(24)25-19(2,3)4/h8-11,16-17,21H,5-7,12H2,1-4H3,(H,20,23)(H,22,24). The second kappa shape index (κ2) is 8.23. The van der Waals surface area contributed by atoms with Crippen LogP contribution in [0.2, 0.25) is 0 Å². The van der Waals surface area contributed by atoms with Crippen LogP contribution in [0.3, 0.4) is 0 Å². The number of hydrogen-bond acceptors (Lipinski definition) is 4. The van der Waals surface area contributed by atoms with Crippen molar-refractivity contribution in [1.29, 1.82) is 0 Å². The zero-order chi connectivity index (χ0) is 18.4. The van der Waals surface area contributed by atoms with E-state index >= 15 is 0 Å². The van der Waals surface area contributed by atoms with Crippen molar-refractivity contribution >= 4 is 23.4 Å². The summed E-state index contributed by atoms with van der Waals surface area (Å²) >= 11 is 0. The molecule has 0 aliphatic heterocycles. The van der Waals surface area contributed by atoms with E-state index in [-0.39, 0.29) is 18.0 Å². The lowest BCUT2D eigenvalue weighted by Crippen LogP contribution is -2.43. The monoisotopic (exact) mass is 347 g/mol. The molecule has 2 atom stereocenters. The van der Waals surface area contributed by atoms with E-state index in [2.05, 4.69) is 16.0 Å². The van der Waals surface area contributed by atoms with Gasteiger partial charge in [-0.2, -0.15) is 0 Å². The number of amides is 2. The largest absolute Gasteiger partial charge is 0.444 e. The lowest BCUT2D eigenvalue weighted by Gasteiger charge is -2.31. The zero-order valence-corrected chi connectivity index (χ0v) is 15.5. The molecular weight excluding hydrogens is 318 g/mol. The summed E-state index contributed by atoms with van der Waals surface area (Å²) in [6.07, 6.45) is 3.62. The third kappa shape index (κ3) is 7.03. The van der Waals surface area contributed by atoms with Crippen LogP contribution >= 0.6 is 0 Å². The molecule has 0 bridgehead atoms. The van der Waals surface area contributed by atoms with Crippen LogP contribution in [0.5, 0.6) is 0 Å². The predicted molar refractivity (Wildman–Crippen MR) is 99.8 cm³/mol. The Kier molecular flexibility index (Phi) is 6.28. The maximum absolute atomic E-state index is 11.9. The summed E-state index contributed by atoms with van der Waals surface area (Å²) in [5, 5.41) is 9.24. The van der Waals surface area contributed by atoms with Gasteiger partial charge in [-0.3, -0.25) is 4.79 Å². The van der Waals surface area contributed by atoms with Gasteiger partial charge in [0.1, 0.15) is 5.60 Å². The maximum Gasteiger partial charge on any atom is 0.407 e. The van der Waals surface area contributed by atoms with E-state index in [4.69, 9.17) is 4.74 Å². The van der Waals surface area contributed by atoms with Gasteiger partial charge in [-0.15, -0.1) is 0 Å². The number of carbonyl (C=O) groups is 2. The third-order valence-corrected chi connectivity index (χ3v) is 3.97. The fourth-order valence-corrected chi connectivity index (χ4v) is 3.01. The first-order valence-electron chi connectivity index (χ1n) is 8.85. The summed E-state index contributed by atoms with van der Waals surface area (Å²) in [6.45, 7) is 7.08. The molecule has 0 heterocycles. The summed E-state index contributed by atoms with van der Waals surface area (Å²) in [5.74, 6) is -0.0796. The molecule has 2 amide bonds. The van der Waals surface area contributed by atoms with Gasteiger partial charge in [0, 0.05) is 30.4 Å². The van der Waals surface area contributed by atoms with Crippen molar-refractivity contribution in [2.24, 2.45) is 0 Å². The van der Waals surface area contributed by atoms with E-state index in [9.17, 15) is 9.59 Å². The molecule has 6 nitrogen and oxygen atoms in total. The van der Waals surface area contributed by atoms with Crippen molar-refractivity contribution in [1.82, 2.24) is 5.32 Å². The van der Waals surface area contributed by atoms with Crippen LogP contribution in [-0.2, 0) is 9.53 Å². The highest BCUT2D eigenvalue weighted by molar-refractivity contribution is 5.88. The Hall–Kier alpha value is -2.24. The smallest absolute Gasteiger partial charge is 0.407 e. The molecule has 1 aromatic rings. The highest BCUT2D eigenvalue weighted by Gasteiger charge is 2.25. The summed E-state index contributed by atoms with van der Waals surface area (Å²) < 4.78 is 5.33. The van der Waals surface area contributed by atoms with Crippen molar-refractivity contribution in [2.75, 3.05) is 10.6 Å². The van der Waals surface area contributed by atoms with Crippen molar-refractivity contribution in [3.8, 4) is 0 Å². The summed E-state index contributed by atoms with van der Waals surface area (Å²) in [4.78, 5) is 23.0. The molecule has 0 spiro atoms. The third-order valence-electron chi connectivity index (χ3n) is 3.97. The minimum Gasteiger partial charge on any atom is -0.444 e. The molecule has 1 aromatic carbocycles. The number of alkyl carbamates (subject to hydrolysis) is 1. The van der Waals surface area contributed by atoms with Crippen molar-refractivity contribution in [3.63, 3.8) is 0 Å². The molecule has 1 aliphatic carbocycles. The Morgan fingerprint density at radius 2 is 1.64 bits per heavy atom. The highest BCUT2D eigenvalue weighted by Crippen LogP contribution is 2.23. The molecule has 3 N–H and O–H groups in total. The number of benzene rings is 1. The van der Waals surface area contributed by atoms with Crippen molar-refractivity contribution < 1.29 is 14.3 Å². The Balaban J connectivity index is 1.84. The van der Waals surface area contributed by atoms with Crippen LogP contribution in [0.1, 0.15) is 53.4 Å². The second-order valence-electron chi connectivity index (χ2n) is 7.61. The van der Waals surface area contributed by atoms with Crippen LogP contribution in [0.15, 0.2) is 24.3 Å². The van der Waals surface area contributed by atoms with Gasteiger partial charge in [0.25, 0.3) is 0 Å². The van der Waals surface area contributed by atoms with E-state index in [0.29, 0.717) is 6.04 Å². The fraction of sp³-hybridized carbons (Fsp3) is 0.579. The van der Waals surface area contributed by atoms with Gasteiger partial charge in [0.2, 0.25) is 5.91 Å². The molecule has 0 saturated heterocycles. The van der Waals surface area contributed by atoms with E-state index in [1.54, 1.807) is 0 Å². The van der Waals surface area contributed by atoms with Gasteiger partial charge in [-0.1, -0.05) is 0 Å². The molecule has 2 unspecified atom stereocenters. The summed E-state index contributed by atoms with van der Waals surface area (Å²) in [7, 11) is 0. The molecule has 6 heteroatoms. The average Bonchev–Trinajstić information content (AvgIpc) is 2.47. The molecule has 138 valence electrons. The minimum absolute atomic E-state index is 0.0796. The van der Waals surface area contributed by atoms with Crippen LogP contribution in [0.4, 0.5) is 16.2 Å². The number of rotatable bonds is 4. The zero-order valence-electron chi connectivity index (χ0n) is 15.5. The average molecular weight is 347 g/mol. The van der Waals surface area contributed by atoms with Gasteiger partial charge < -0.3 is 20.7 Å². The Morgan fingerprint density at radius 3 is 2.24 bits per heavy atom. The Morgan fingerprint density at radius 1 is 1.04 bits per heavy atom. The van der Waals surface area contributed by atoms with Crippen LogP contribution < -0.4 is 16.0 Å². The molecule has 2 rings (SSSR count). The van der Waals surface area contributed by atoms with Crippen LogP contribution in [-0.4, -0.2) is 29.7 Å². The Bertz CT molecular complexity index is 593. The first kappa shape index (κ1) is 19.1. The van der Waals surface area contributed by atoms with Crippen molar-refractivity contribution in [3.05, 3.63) is 24.3 Å².